The zero-order chi connectivity index (χ0) is 17.2. The lowest BCUT2D eigenvalue weighted by molar-refractivity contribution is 0.493. The molecule has 0 fully saturated rings. The van der Waals surface area contributed by atoms with Crippen molar-refractivity contribution in [1.29, 1.82) is 0 Å². The summed E-state index contributed by atoms with van der Waals surface area (Å²) in [7, 11) is 0. The Balaban J connectivity index is 0. The van der Waals surface area contributed by atoms with E-state index in [2.05, 4.69) is 39.0 Å². The molecule has 0 spiro atoms. The van der Waals surface area contributed by atoms with Crippen LogP contribution in [0.2, 0.25) is 0 Å². The monoisotopic (exact) mass is 308 g/mol. The van der Waals surface area contributed by atoms with Crippen LogP contribution in [0.3, 0.4) is 0 Å². The van der Waals surface area contributed by atoms with Gasteiger partial charge in [-0.1, -0.05) is 110 Å². The summed E-state index contributed by atoms with van der Waals surface area (Å²) >= 11 is 0. The molecular weight excluding hydrogens is 264 g/mol. The quantitative estimate of drug-likeness (QED) is 0.375. The molecule has 1 aliphatic rings. The minimum atomic E-state index is 0.828. The van der Waals surface area contributed by atoms with E-state index in [1.54, 1.807) is 0 Å². The normalized spacial score (nSPS) is 16.4. The summed E-state index contributed by atoms with van der Waals surface area (Å²) in [6.07, 6.45) is 19.8. The third kappa shape index (κ3) is 15.9. The van der Waals surface area contributed by atoms with E-state index in [0.29, 0.717) is 0 Å². The van der Waals surface area contributed by atoms with Crippen LogP contribution in [0.15, 0.2) is 23.8 Å². The molecule has 0 aliphatic heterocycles. The van der Waals surface area contributed by atoms with Gasteiger partial charge in [-0.15, -0.1) is 0 Å². The molecule has 1 atom stereocenters. The van der Waals surface area contributed by atoms with E-state index in [1.165, 1.54) is 63.4 Å². The van der Waals surface area contributed by atoms with Gasteiger partial charge in [0.15, 0.2) is 0 Å². The van der Waals surface area contributed by atoms with Gasteiger partial charge in [-0.05, 0) is 31.6 Å². The summed E-state index contributed by atoms with van der Waals surface area (Å²) in [5.74, 6) is 1.72. The first-order valence-electron chi connectivity index (χ1n) is 10.0. The van der Waals surface area contributed by atoms with Gasteiger partial charge in [0.2, 0.25) is 0 Å². The van der Waals surface area contributed by atoms with Gasteiger partial charge >= 0.3 is 0 Å². The van der Waals surface area contributed by atoms with Crippen LogP contribution in [0.1, 0.15) is 106 Å². The molecule has 0 heterocycles. The topological polar surface area (TPSA) is 0 Å². The lowest BCUT2D eigenvalue weighted by atomic mass is 9.92. The Hall–Kier alpha value is -0.520. The van der Waals surface area contributed by atoms with E-state index >= 15 is 0 Å². The van der Waals surface area contributed by atoms with E-state index in [-0.39, 0.29) is 0 Å². The molecule has 0 saturated carbocycles. The highest BCUT2D eigenvalue weighted by Crippen LogP contribution is 2.22. The van der Waals surface area contributed by atoms with E-state index < -0.39 is 0 Å². The SMILES string of the molecule is CC.CC.CC1=CCC(CCCCCCCCC(C)C)C=C1. The Bertz CT molecular complexity index is 257. The van der Waals surface area contributed by atoms with Gasteiger partial charge < -0.3 is 0 Å². The first kappa shape index (κ1) is 23.7. The average Bonchev–Trinajstić information content (AvgIpc) is 2.55. The molecule has 132 valence electrons. The number of unbranched alkanes of at least 4 members (excludes halogenated alkanes) is 5. The molecule has 0 bridgehead atoms. The first-order chi connectivity index (χ1) is 10.7. The number of hydrogen-bond donors (Lipinski definition) is 0. The maximum Gasteiger partial charge on any atom is -0.0195 e. The molecule has 0 aromatic heterocycles. The van der Waals surface area contributed by atoms with Crippen LogP contribution in [0.4, 0.5) is 0 Å². The van der Waals surface area contributed by atoms with Gasteiger partial charge in [-0.25, -0.2) is 0 Å². The summed E-state index contributed by atoms with van der Waals surface area (Å²) in [5, 5.41) is 0. The third-order valence-corrected chi connectivity index (χ3v) is 3.98. The fourth-order valence-electron chi connectivity index (χ4n) is 2.65. The molecule has 1 unspecified atom stereocenters. The van der Waals surface area contributed by atoms with Crippen molar-refractivity contribution in [3.8, 4) is 0 Å². The maximum absolute atomic E-state index is 2.41. The van der Waals surface area contributed by atoms with Crippen molar-refractivity contribution < 1.29 is 0 Å². The molecule has 0 radical (unpaired) electrons. The average molecular weight is 309 g/mol. The molecule has 0 saturated heterocycles. The first-order valence-corrected chi connectivity index (χ1v) is 10.0. The molecule has 0 amide bonds. The van der Waals surface area contributed by atoms with Crippen molar-refractivity contribution in [3.05, 3.63) is 23.8 Å². The predicted octanol–water partition coefficient (Wildman–Crippen LogP) is 8.34. The molecule has 0 aromatic carbocycles. The summed E-state index contributed by atoms with van der Waals surface area (Å²) in [4.78, 5) is 0. The van der Waals surface area contributed by atoms with Crippen LogP contribution in [0, 0.1) is 11.8 Å². The minimum Gasteiger partial charge on any atom is -0.0810 e. The molecule has 0 aromatic rings. The number of rotatable bonds is 9. The van der Waals surface area contributed by atoms with E-state index in [9.17, 15) is 0 Å². The lowest BCUT2D eigenvalue weighted by Crippen LogP contribution is -1.99. The third-order valence-electron chi connectivity index (χ3n) is 3.98. The largest absolute Gasteiger partial charge is 0.0810 e. The molecule has 0 nitrogen and oxygen atoms in total. The second-order valence-electron chi connectivity index (χ2n) is 6.40. The summed E-state index contributed by atoms with van der Waals surface area (Å²) in [6.45, 7) is 14.9. The van der Waals surface area contributed by atoms with Gasteiger partial charge in [-0.3, -0.25) is 0 Å². The highest BCUT2D eigenvalue weighted by atomic mass is 14.1. The fraction of sp³-hybridized carbons (Fsp3) is 0.818. The number of hydrogen-bond acceptors (Lipinski definition) is 0. The Labute approximate surface area is 142 Å². The smallest absolute Gasteiger partial charge is 0.0195 e. The fourth-order valence-corrected chi connectivity index (χ4v) is 2.65. The maximum atomic E-state index is 2.41. The van der Waals surface area contributed by atoms with Gasteiger partial charge in [0.1, 0.15) is 0 Å². The van der Waals surface area contributed by atoms with E-state index in [1.807, 2.05) is 27.7 Å². The Morgan fingerprint density at radius 3 is 1.95 bits per heavy atom. The van der Waals surface area contributed by atoms with Crippen molar-refractivity contribution in [2.75, 3.05) is 0 Å². The van der Waals surface area contributed by atoms with E-state index in [4.69, 9.17) is 0 Å². The van der Waals surface area contributed by atoms with Crippen LogP contribution < -0.4 is 0 Å². The zero-order valence-electron chi connectivity index (χ0n) is 16.8. The summed E-state index contributed by atoms with van der Waals surface area (Å²) < 4.78 is 0. The highest BCUT2D eigenvalue weighted by molar-refractivity contribution is 5.21. The molecule has 1 rings (SSSR count). The van der Waals surface area contributed by atoms with Crippen molar-refractivity contribution >= 4 is 0 Å². The van der Waals surface area contributed by atoms with Crippen LogP contribution in [-0.4, -0.2) is 0 Å². The molecule has 1 aliphatic carbocycles. The van der Waals surface area contributed by atoms with Crippen molar-refractivity contribution in [2.24, 2.45) is 11.8 Å². The minimum absolute atomic E-state index is 0.828. The molecule has 0 heteroatoms. The Morgan fingerprint density at radius 1 is 0.909 bits per heavy atom. The van der Waals surface area contributed by atoms with Crippen LogP contribution >= 0.6 is 0 Å². The molecule has 22 heavy (non-hydrogen) atoms. The van der Waals surface area contributed by atoms with Gasteiger partial charge in [0.25, 0.3) is 0 Å². The Morgan fingerprint density at radius 2 is 1.45 bits per heavy atom. The van der Waals surface area contributed by atoms with Gasteiger partial charge in [0.05, 0.1) is 0 Å². The lowest BCUT2D eigenvalue weighted by Gasteiger charge is -2.14. The summed E-state index contributed by atoms with van der Waals surface area (Å²) in [5.41, 5.74) is 1.44. The standard InChI is InChI=1S/C18H32.2C2H6/c1-16(2)10-8-6-4-5-7-9-11-18-14-12-17(3)13-15-18;2*1-2/h12-14,16,18H,4-11,15H2,1-3H3;2*1-2H3. The zero-order valence-corrected chi connectivity index (χ0v) is 16.8. The van der Waals surface area contributed by atoms with Crippen molar-refractivity contribution in [3.63, 3.8) is 0 Å². The van der Waals surface area contributed by atoms with Crippen molar-refractivity contribution in [1.82, 2.24) is 0 Å². The van der Waals surface area contributed by atoms with E-state index in [0.717, 1.165) is 11.8 Å². The number of allylic oxidation sites excluding steroid dienone is 4. The second-order valence-corrected chi connectivity index (χ2v) is 6.40. The molecule has 0 N–H and O–H groups in total. The second kappa shape index (κ2) is 18.5. The van der Waals surface area contributed by atoms with Crippen LogP contribution in [0.5, 0.6) is 0 Å². The molecular formula is C22H44. The van der Waals surface area contributed by atoms with Gasteiger partial charge in [0, 0.05) is 0 Å². The van der Waals surface area contributed by atoms with Crippen molar-refractivity contribution in [2.45, 2.75) is 106 Å². The summed E-state index contributed by atoms with van der Waals surface area (Å²) in [6, 6.07) is 0. The predicted molar refractivity (Wildman–Crippen MR) is 105 cm³/mol. The van der Waals surface area contributed by atoms with Crippen LogP contribution in [-0.2, 0) is 0 Å². The highest BCUT2D eigenvalue weighted by Gasteiger charge is 2.06. The Kier molecular flexibility index (Phi) is 20.0. The van der Waals surface area contributed by atoms with Crippen LogP contribution in [0.25, 0.3) is 0 Å². The van der Waals surface area contributed by atoms with Gasteiger partial charge in [-0.2, -0.15) is 0 Å².